The number of nitrogens with zero attached hydrogens (tertiary/aromatic N) is 3. The van der Waals surface area contributed by atoms with Crippen molar-refractivity contribution in [3.63, 3.8) is 0 Å². The van der Waals surface area contributed by atoms with Crippen LogP contribution in [0.1, 0.15) is 27.2 Å². The van der Waals surface area contributed by atoms with E-state index in [1.54, 1.807) is 9.80 Å². The van der Waals surface area contributed by atoms with Crippen LogP contribution in [0.25, 0.3) is 0 Å². The van der Waals surface area contributed by atoms with E-state index < -0.39 is 10.0 Å². The third-order valence-corrected chi connectivity index (χ3v) is 5.56. The summed E-state index contributed by atoms with van der Waals surface area (Å²) in [6.45, 7) is 7.77. The lowest BCUT2D eigenvalue weighted by Gasteiger charge is -2.34. The van der Waals surface area contributed by atoms with Gasteiger partial charge in [-0.05, 0) is 20.8 Å². The van der Waals surface area contributed by atoms with Crippen LogP contribution in [-0.2, 0) is 14.8 Å². The number of likely N-dealkylation sites (tertiary alicyclic amines) is 1. The monoisotopic (exact) mass is 346 g/mol. The molecule has 0 bridgehead atoms. The molecule has 2 fully saturated rings. The summed E-state index contributed by atoms with van der Waals surface area (Å²) < 4.78 is 24.3. The highest BCUT2D eigenvalue weighted by Gasteiger charge is 2.37. The number of piperazine rings is 1. The van der Waals surface area contributed by atoms with Crippen LogP contribution in [0, 0.1) is 0 Å². The van der Waals surface area contributed by atoms with Crippen LogP contribution in [-0.4, -0.2) is 85.0 Å². The molecule has 1 unspecified atom stereocenters. The maximum Gasteiger partial charge on any atom is 0.317 e. The van der Waals surface area contributed by atoms with Crippen molar-refractivity contribution in [3.8, 4) is 0 Å². The first-order valence-corrected chi connectivity index (χ1v) is 9.64. The van der Waals surface area contributed by atoms with Gasteiger partial charge in [-0.1, -0.05) is 0 Å². The average Bonchev–Trinajstić information content (AvgIpc) is 2.78. The Bertz CT molecular complexity index is 576. The molecule has 3 amide bonds. The normalized spacial score (nSPS) is 24.2. The highest BCUT2D eigenvalue weighted by molar-refractivity contribution is 7.88. The molecule has 2 rings (SSSR count). The van der Waals surface area contributed by atoms with Crippen molar-refractivity contribution in [3.05, 3.63) is 0 Å². The molecule has 1 atom stereocenters. The second kappa shape index (κ2) is 6.27. The van der Waals surface area contributed by atoms with Crippen LogP contribution in [0.15, 0.2) is 0 Å². The zero-order valence-electron chi connectivity index (χ0n) is 14.2. The fraction of sp³-hybridized carbons (Fsp3) is 0.857. The molecule has 0 aromatic rings. The summed E-state index contributed by atoms with van der Waals surface area (Å²) in [6.07, 6.45) is 1.49. The fourth-order valence-electron chi connectivity index (χ4n) is 2.94. The number of rotatable bonds is 2. The van der Waals surface area contributed by atoms with Gasteiger partial charge >= 0.3 is 6.03 Å². The average molecular weight is 346 g/mol. The zero-order valence-corrected chi connectivity index (χ0v) is 15.0. The molecule has 2 heterocycles. The molecule has 8 nitrogen and oxygen atoms in total. The first-order chi connectivity index (χ1) is 10.5. The van der Waals surface area contributed by atoms with E-state index in [9.17, 15) is 18.0 Å². The van der Waals surface area contributed by atoms with Crippen LogP contribution in [0.5, 0.6) is 0 Å². The van der Waals surface area contributed by atoms with Crippen LogP contribution in [0.3, 0.4) is 0 Å². The van der Waals surface area contributed by atoms with E-state index in [1.165, 1.54) is 10.6 Å². The van der Waals surface area contributed by atoms with Gasteiger partial charge in [-0.3, -0.25) is 4.79 Å². The number of carbonyl (C=O) groups is 2. The fourth-order valence-corrected chi connectivity index (χ4v) is 3.77. The molecule has 0 radical (unpaired) electrons. The predicted octanol–water partition coefficient (Wildman–Crippen LogP) is -0.327. The molecule has 2 aliphatic rings. The molecule has 0 spiro atoms. The summed E-state index contributed by atoms with van der Waals surface area (Å²) >= 11 is 0. The Morgan fingerprint density at radius 1 is 1.17 bits per heavy atom. The van der Waals surface area contributed by atoms with Crippen molar-refractivity contribution in [2.45, 2.75) is 38.8 Å². The first-order valence-electron chi connectivity index (χ1n) is 7.79. The van der Waals surface area contributed by atoms with Gasteiger partial charge in [0.15, 0.2) is 0 Å². The molecule has 132 valence electrons. The second-order valence-electron chi connectivity index (χ2n) is 7.17. The van der Waals surface area contributed by atoms with E-state index in [0.29, 0.717) is 39.1 Å². The number of hydrogen-bond acceptors (Lipinski definition) is 4. The van der Waals surface area contributed by atoms with E-state index in [2.05, 4.69) is 5.32 Å². The Hall–Kier alpha value is -1.35. The molecule has 0 aromatic heterocycles. The van der Waals surface area contributed by atoms with Gasteiger partial charge in [-0.25, -0.2) is 13.2 Å². The van der Waals surface area contributed by atoms with Crippen LogP contribution >= 0.6 is 0 Å². The third-order valence-electron chi connectivity index (χ3n) is 4.26. The highest BCUT2D eigenvalue weighted by atomic mass is 32.2. The molecule has 0 aromatic carbocycles. The Labute approximate surface area is 137 Å². The van der Waals surface area contributed by atoms with E-state index in [1.807, 2.05) is 20.8 Å². The maximum absolute atomic E-state index is 12.3. The number of hydrogen-bond donors (Lipinski definition) is 1. The SMILES string of the molecule is CC(C)(C)N1CC(NC(=O)N2CCN(S(C)(=O)=O)CC2)CC1=O. The lowest BCUT2D eigenvalue weighted by molar-refractivity contribution is -0.131. The van der Waals surface area contributed by atoms with E-state index in [0.717, 1.165) is 0 Å². The zero-order chi connectivity index (χ0) is 17.4. The van der Waals surface area contributed by atoms with Crippen LogP contribution in [0.4, 0.5) is 4.79 Å². The van der Waals surface area contributed by atoms with E-state index in [-0.39, 0.29) is 23.5 Å². The van der Waals surface area contributed by atoms with Crippen LogP contribution < -0.4 is 5.32 Å². The van der Waals surface area contributed by atoms with Gasteiger partial charge in [0.1, 0.15) is 0 Å². The number of amides is 3. The quantitative estimate of drug-likeness (QED) is 0.741. The Morgan fingerprint density at radius 2 is 1.74 bits per heavy atom. The second-order valence-corrected chi connectivity index (χ2v) is 9.16. The summed E-state index contributed by atoms with van der Waals surface area (Å²) in [4.78, 5) is 27.7. The third kappa shape index (κ3) is 4.35. The van der Waals surface area contributed by atoms with Gasteiger partial charge in [-0.15, -0.1) is 0 Å². The van der Waals surface area contributed by atoms with Gasteiger partial charge in [0.05, 0.1) is 12.3 Å². The minimum Gasteiger partial charge on any atom is -0.336 e. The number of carbonyl (C=O) groups excluding carboxylic acids is 2. The Kier molecular flexibility index (Phi) is 4.91. The summed E-state index contributed by atoms with van der Waals surface area (Å²) in [5.41, 5.74) is -0.252. The molecular formula is C14H26N4O4S. The summed E-state index contributed by atoms with van der Waals surface area (Å²) in [5.74, 6) is 0.0460. The van der Waals surface area contributed by atoms with E-state index in [4.69, 9.17) is 0 Å². The number of urea groups is 1. The van der Waals surface area contributed by atoms with Gasteiger partial charge in [0.25, 0.3) is 0 Å². The van der Waals surface area contributed by atoms with Crippen molar-refractivity contribution >= 4 is 22.0 Å². The lowest BCUT2D eigenvalue weighted by atomic mass is 10.1. The lowest BCUT2D eigenvalue weighted by Crippen LogP contribution is -2.54. The number of nitrogens with one attached hydrogen (secondary N) is 1. The maximum atomic E-state index is 12.3. The van der Waals surface area contributed by atoms with Crippen molar-refractivity contribution < 1.29 is 18.0 Å². The molecule has 2 saturated heterocycles. The minimum absolute atomic E-state index is 0.0460. The van der Waals surface area contributed by atoms with Gasteiger partial charge in [-0.2, -0.15) is 4.31 Å². The molecule has 23 heavy (non-hydrogen) atoms. The predicted molar refractivity (Wildman–Crippen MR) is 86.4 cm³/mol. The largest absolute Gasteiger partial charge is 0.336 e. The van der Waals surface area contributed by atoms with Crippen LogP contribution in [0.2, 0.25) is 0 Å². The molecule has 0 saturated carbocycles. The van der Waals surface area contributed by atoms with Gasteiger partial charge in [0, 0.05) is 44.7 Å². The molecule has 1 N–H and O–H groups in total. The summed E-state index contributed by atoms with van der Waals surface area (Å²) in [7, 11) is -3.20. The smallest absolute Gasteiger partial charge is 0.317 e. The standard InChI is InChI=1S/C14H26N4O4S/c1-14(2,3)18-10-11(9-12(18)19)15-13(20)16-5-7-17(8-6-16)23(4,21)22/h11H,5-10H2,1-4H3,(H,15,20). The molecule has 0 aliphatic carbocycles. The summed E-state index contributed by atoms with van der Waals surface area (Å²) in [5, 5.41) is 2.89. The van der Waals surface area contributed by atoms with Gasteiger partial charge in [0.2, 0.25) is 15.9 Å². The Balaban J connectivity index is 1.86. The van der Waals surface area contributed by atoms with E-state index >= 15 is 0 Å². The minimum atomic E-state index is -3.20. The highest BCUT2D eigenvalue weighted by Crippen LogP contribution is 2.22. The van der Waals surface area contributed by atoms with Crippen molar-refractivity contribution in [2.75, 3.05) is 39.0 Å². The molecule has 9 heteroatoms. The Morgan fingerprint density at radius 3 is 2.17 bits per heavy atom. The topological polar surface area (TPSA) is 90.0 Å². The van der Waals surface area contributed by atoms with Crippen molar-refractivity contribution in [1.82, 2.24) is 19.4 Å². The number of sulfonamides is 1. The summed E-state index contributed by atoms with van der Waals surface area (Å²) in [6, 6.07) is -0.422. The molecule has 2 aliphatic heterocycles. The molecular weight excluding hydrogens is 320 g/mol. The van der Waals surface area contributed by atoms with Gasteiger partial charge < -0.3 is 15.1 Å². The first kappa shape index (κ1) is 18.0. The van der Waals surface area contributed by atoms with Crippen molar-refractivity contribution in [1.29, 1.82) is 0 Å². The van der Waals surface area contributed by atoms with Crippen molar-refractivity contribution in [2.24, 2.45) is 0 Å².